The van der Waals surface area contributed by atoms with Crippen LogP contribution in [-0.4, -0.2) is 18.2 Å². The van der Waals surface area contributed by atoms with Gasteiger partial charge < -0.3 is 4.74 Å². The minimum absolute atomic E-state index is 0.0146. The highest BCUT2D eigenvalue weighted by Gasteiger charge is 2.23. The zero-order chi connectivity index (χ0) is 23.8. The van der Waals surface area contributed by atoms with Crippen LogP contribution in [0.5, 0.6) is 5.75 Å². The highest BCUT2D eigenvalue weighted by molar-refractivity contribution is 6.56. The molecule has 0 spiro atoms. The molecule has 3 aromatic rings. The molecule has 9 heteroatoms. The van der Waals surface area contributed by atoms with Gasteiger partial charge in [-0.2, -0.15) is 15.6 Å². The molecule has 0 radical (unpaired) electrons. The van der Waals surface area contributed by atoms with E-state index in [9.17, 15) is 20.6 Å². The standard InChI is InChI=1S/C24H16ClN5O3/c1-33-20-9-7-16(8-10-20)24(25)22(15-28-29-19-5-3-2-4-6-19)21-11-17(13-26)18(14-27)12-23(21)30(31)32/h2-12,15,29H,1H3. The molecule has 0 bridgehead atoms. The van der Waals surface area contributed by atoms with Crippen LogP contribution in [0, 0.1) is 32.8 Å². The van der Waals surface area contributed by atoms with Gasteiger partial charge in [0.1, 0.15) is 17.9 Å². The van der Waals surface area contributed by atoms with Crippen molar-refractivity contribution >= 4 is 39.8 Å². The summed E-state index contributed by atoms with van der Waals surface area (Å²) in [6, 6.07) is 21.9. The number of hydrazone groups is 1. The van der Waals surface area contributed by atoms with Gasteiger partial charge in [0.15, 0.2) is 0 Å². The van der Waals surface area contributed by atoms with Crippen LogP contribution < -0.4 is 10.2 Å². The summed E-state index contributed by atoms with van der Waals surface area (Å²) < 4.78 is 5.16. The summed E-state index contributed by atoms with van der Waals surface area (Å²) in [7, 11) is 1.53. The van der Waals surface area contributed by atoms with Gasteiger partial charge in [-0.15, -0.1) is 0 Å². The summed E-state index contributed by atoms with van der Waals surface area (Å²) >= 11 is 6.68. The second kappa shape index (κ2) is 10.6. The average Bonchev–Trinajstić information content (AvgIpc) is 2.86. The Kier molecular flexibility index (Phi) is 7.38. The third-order valence-electron chi connectivity index (χ3n) is 4.60. The lowest BCUT2D eigenvalue weighted by molar-refractivity contribution is -0.385. The molecule has 162 valence electrons. The van der Waals surface area contributed by atoms with E-state index in [0.717, 1.165) is 6.07 Å². The first-order valence-electron chi connectivity index (χ1n) is 9.49. The second-order valence-electron chi connectivity index (χ2n) is 6.59. The molecule has 0 amide bonds. The zero-order valence-corrected chi connectivity index (χ0v) is 18.1. The molecule has 0 aliphatic heterocycles. The molecule has 3 aromatic carbocycles. The Morgan fingerprint density at radius 1 is 1.09 bits per heavy atom. The van der Waals surface area contributed by atoms with E-state index >= 15 is 0 Å². The van der Waals surface area contributed by atoms with Crippen molar-refractivity contribution in [1.82, 2.24) is 0 Å². The number of nitrogens with zero attached hydrogens (tertiary/aromatic N) is 4. The molecule has 0 unspecified atom stereocenters. The summed E-state index contributed by atoms with van der Waals surface area (Å²) in [6.07, 6.45) is 1.34. The maximum Gasteiger partial charge on any atom is 0.278 e. The Bertz CT molecular complexity index is 1320. The number of allylic oxidation sites excluding steroid dienone is 1. The highest BCUT2D eigenvalue weighted by Crippen LogP contribution is 2.35. The number of halogens is 1. The van der Waals surface area contributed by atoms with E-state index in [0.29, 0.717) is 17.0 Å². The smallest absolute Gasteiger partial charge is 0.278 e. The molecular formula is C24H16ClN5O3. The van der Waals surface area contributed by atoms with Crippen LogP contribution in [0.2, 0.25) is 0 Å². The van der Waals surface area contributed by atoms with Gasteiger partial charge in [-0.1, -0.05) is 29.8 Å². The van der Waals surface area contributed by atoms with Gasteiger partial charge in [0, 0.05) is 11.6 Å². The highest BCUT2D eigenvalue weighted by atomic mass is 35.5. The second-order valence-corrected chi connectivity index (χ2v) is 6.97. The van der Waals surface area contributed by atoms with Crippen LogP contribution in [0.15, 0.2) is 71.8 Å². The number of anilines is 1. The minimum Gasteiger partial charge on any atom is -0.497 e. The minimum atomic E-state index is -0.631. The molecule has 33 heavy (non-hydrogen) atoms. The maximum atomic E-state index is 11.8. The van der Waals surface area contributed by atoms with Gasteiger partial charge in [-0.25, -0.2) is 0 Å². The quantitative estimate of drug-likeness (QED) is 0.214. The Morgan fingerprint density at radius 3 is 2.30 bits per heavy atom. The van der Waals surface area contributed by atoms with E-state index in [-0.39, 0.29) is 33.0 Å². The normalized spacial score (nSPS) is 11.3. The number of para-hydroxylation sites is 1. The number of nitro benzene ring substituents is 1. The molecule has 0 aliphatic carbocycles. The lowest BCUT2D eigenvalue weighted by Crippen LogP contribution is -2.01. The Hall–Kier alpha value is -4.66. The van der Waals surface area contributed by atoms with Gasteiger partial charge in [0.25, 0.3) is 5.69 Å². The van der Waals surface area contributed by atoms with Crippen LogP contribution in [0.3, 0.4) is 0 Å². The van der Waals surface area contributed by atoms with Gasteiger partial charge in [0.2, 0.25) is 0 Å². The number of nitriles is 2. The molecule has 1 N–H and O–H groups in total. The largest absolute Gasteiger partial charge is 0.497 e. The first-order valence-corrected chi connectivity index (χ1v) is 9.87. The molecule has 0 saturated heterocycles. The molecule has 0 saturated carbocycles. The Morgan fingerprint density at radius 2 is 1.73 bits per heavy atom. The predicted molar refractivity (Wildman–Crippen MR) is 127 cm³/mol. The molecule has 0 aromatic heterocycles. The van der Waals surface area contributed by atoms with Gasteiger partial charge >= 0.3 is 0 Å². The van der Waals surface area contributed by atoms with Crippen molar-refractivity contribution in [2.75, 3.05) is 12.5 Å². The van der Waals surface area contributed by atoms with Crippen LogP contribution in [-0.2, 0) is 0 Å². The number of methoxy groups -OCH3 is 1. The fraction of sp³-hybridized carbons (Fsp3) is 0.0417. The number of hydrogen-bond donors (Lipinski definition) is 1. The number of nitro groups is 1. The number of benzene rings is 3. The summed E-state index contributed by atoms with van der Waals surface area (Å²) in [4.78, 5) is 11.2. The number of rotatable bonds is 7. The van der Waals surface area contributed by atoms with Crippen LogP contribution in [0.4, 0.5) is 11.4 Å². The van der Waals surface area contributed by atoms with E-state index in [1.807, 2.05) is 30.3 Å². The summed E-state index contributed by atoms with van der Waals surface area (Å²) in [5.41, 5.74) is 3.83. The van der Waals surface area contributed by atoms with Crippen molar-refractivity contribution < 1.29 is 9.66 Å². The van der Waals surface area contributed by atoms with Crippen molar-refractivity contribution in [3.8, 4) is 17.9 Å². The summed E-state index contributed by atoms with van der Waals surface area (Å²) in [5, 5.41) is 34.9. The summed E-state index contributed by atoms with van der Waals surface area (Å²) in [5.74, 6) is 0.611. The molecular weight excluding hydrogens is 442 g/mol. The first-order chi connectivity index (χ1) is 16.0. The van der Waals surface area contributed by atoms with Gasteiger partial charge in [-0.05, 0) is 48.0 Å². The van der Waals surface area contributed by atoms with Crippen molar-refractivity contribution in [2.24, 2.45) is 5.10 Å². The molecule has 0 aliphatic rings. The topological polar surface area (TPSA) is 124 Å². The van der Waals surface area contributed by atoms with Crippen LogP contribution in [0.25, 0.3) is 10.6 Å². The zero-order valence-electron chi connectivity index (χ0n) is 17.3. The van der Waals surface area contributed by atoms with Crippen molar-refractivity contribution in [3.05, 3.63) is 99.1 Å². The lowest BCUT2D eigenvalue weighted by Gasteiger charge is -2.10. The molecule has 0 fully saturated rings. The third-order valence-corrected chi connectivity index (χ3v) is 5.03. The molecule has 3 rings (SSSR count). The number of hydrogen-bond acceptors (Lipinski definition) is 7. The van der Waals surface area contributed by atoms with Gasteiger partial charge in [-0.3, -0.25) is 15.5 Å². The van der Waals surface area contributed by atoms with Gasteiger partial charge in [0.05, 0.1) is 45.7 Å². The number of nitrogens with one attached hydrogen (secondary N) is 1. The van der Waals surface area contributed by atoms with Crippen molar-refractivity contribution in [1.29, 1.82) is 10.5 Å². The fourth-order valence-electron chi connectivity index (χ4n) is 2.96. The van der Waals surface area contributed by atoms with E-state index in [2.05, 4.69) is 10.5 Å². The third kappa shape index (κ3) is 5.34. The van der Waals surface area contributed by atoms with E-state index in [1.165, 1.54) is 19.4 Å². The van der Waals surface area contributed by atoms with Crippen molar-refractivity contribution in [3.63, 3.8) is 0 Å². The summed E-state index contributed by atoms with van der Waals surface area (Å²) in [6.45, 7) is 0. The molecule has 0 heterocycles. The average molecular weight is 458 g/mol. The molecule has 8 nitrogen and oxygen atoms in total. The van der Waals surface area contributed by atoms with E-state index in [4.69, 9.17) is 16.3 Å². The first kappa shape index (κ1) is 23.0. The Labute approximate surface area is 194 Å². The maximum absolute atomic E-state index is 11.8. The Balaban J connectivity index is 2.21. The SMILES string of the molecule is COc1ccc(C(Cl)=C(C=NNc2ccccc2)c2cc(C#N)c(C#N)cc2[N+](=O)[O-])cc1. The van der Waals surface area contributed by atoms with Crippen LogP contribution >= 0.6 is 11.6 Å². The van der Waals surface area contributed by atoms with E-state index in [1.54, 1.807) is 36.4 Å². The lowest BCUT2D eigenvalue weighted by atomic mass is 9.96. The molecule has 0 atom stereocenters. The van der Waals surface area contributed by atoms with Crippen LogP contribution in [0.1, 0.15) is 22.3 Å². The van der Waals surface area contributed by atoms with E-state index < -0.39 is 4.92 Å². The fourth-order valence-corrected chi connectivity index (χ4v) is 3.24. The number of ether oxygens (including phenoxy) is 1. The monoisotopic (exact) mass is 457 g/mol. The predicted octanol–water partition coefficient (Wildman–Crippen LogP) is 5.55. The van der Waals surface area contributed by atoms with Crippen molar-refractivity contribution in [2.45, 2.75) is 0 Å².